The summed E-state index contributed by atoms with van der Waals surface area (Å²) in [4.78, 5) is 0. The average Bonchev–Trinajstić information content (AvgIpc) is 2.39. The van der Waals surface area contributed by atoms with E-state index in [1.54, 1.807) is 0 Å². The summed E-state index contributed by atoms with van der Waals surface area (Å²) in [5, 5.41) is 0. The molecule has 0 amide bonds. The molecule has 0 heterocycles. The van der Waals surface area contributed by atoms with E-state index in [4.69, 9.17) is 5.73 Å². The molecule has 0 fully saturated rings. The van der Waals surface area contributed by atoms with Crippen molar-refractivity contribution in [2.75, 3.05) is 6.54 Å². The second-order valence-corrected chi connectivity index (χ2v) is 3.23. The molecule has 2 aliphatic carbocycles. The van der Waals surface area contributed by atoms with Crippen LogP contribution >= 0.6 is 12.4 Å². The molecule has 0 aromatic rings. The van der Waals surface area contributed by atoms with Crippen LogP contribution in [0.25, 0.3) is 0 Å². The number of hydrogen-bond acceptors (Lipinski definition) is 1. The summed E-state index contributed by atoms with van der Waals surface area (Å²) in [5.74, 6) is 0. The molecule has 0 spiro atoms. The molecule has 2 aliphatic rings. The first kappa shape index (κ1) is 11.0. The molecule has 0 atom stereocenters. The van der Waals surface area contributed by atoms with E-state index in [1.807, 2.05) is 0 Å². The van der Waals surface area contributed by atoms with Crippen LogP contribution in [0.4, 0.5) is 0 Å². The molecule has 0 radical (unpaired) electrons. The van der Waals surface area contributed by atoms with Crippen LogP contribution in [0.2, 0.25) is 0 Å². The van der Waals surface area contributed by atoms with Gasteiger partial charge >= 0.3 is 0 Å². The van der Waals surface area contributed by atoms with E-state index < -0.39 is 0 Å². The van der Waals surface area contributed by atoms with Crippen LogP contribution in [-0.4, -0.2) is 6.54 Å². The SMILES string of the molecule is Cl.NCC1=CC=C2CC=CC=C2C=C1. The van der Waals surface area contributed by atoms with Crippen molar-refractivity contribution in [1.29, 1.82) is 0 Å². The van der Waals surface area contributed by atoms with Crippen molar-refractivity contribution in [2.45, 2.75) is 6.42 Å². The molecule has 0 unspecified atom stereocenters. The van der Waals surface area contributed by atoms with Gasteiger partial charge in [0.2, 0.25) is 0 Å². The van der Waals surface area contributed by atoms with Crippen molar-refractivity contribution >= 4 is 12.4 Å². The standard InChI is InChI=1S/C12H13N.ClH/c13-9-10-5-7-11-3-1-2-4-12(11)8-6-10;/h1-3,5-8H,4,9,13H2;1H. The van der Waals surface area contributed by atoms with E-state index in [1.165, 1.54) is 16.7 Å². The first-order valence-corrected chi connectivity index (χ1v) is 4.55. The Morgan fingerprint density at radius 3 is 2.79 bits per heavy atom. The number of fused-ring (bicyclic) bond motifs is 1. The number of hydrogen-bond donors (Lipinski definition) is 1. The fraction of sp³-hybridized carbons (Fsp3) is 0.167. The highest BCUT2D eigenvalue weighted by Crippen LogP contribution is 2.23. The van der Waals surface area contributed by atoms with E-state index in [2.05, 4.69) is 42.5 Å². The third-order valence-electron chi connectivity index (χ3n) is 2.33. The number of nitrogens with two attached hydrogens (primary N) is 1. The Morgan fingerprint density at radius 2 is 2.00 bits per heavy atom. The average molecular weight is 208 g/mol. The van der Waals surface area contributed by atoms with E-state index >= 15 is 0 Å². The zero-order chi connectivity index (χ0) is 9.10. The van der Waals surface area contributed by atoms with Gasteiger partial charge in [0.25, 0.3) is 0 Å². The van der Waals surface area contributed by atoms with Crippen LogP contribution in [0, 0.1) is 0 Å². The minimum atomic E-state index is 0. The maximum Gasteiger partial charge on any atom is 0.0178 e. The van der Waals surface area contributed by atoms with Crippen molar-refractivity contribution in [2.24, 2.45) is 5.73 Å². The maximum absolute atomic E-state index is 5.58. The molecule has 0 saturated carbocycles. The lowest BCUT2D eigenvalue weighted by Gasteiger charge is -2.07. The van der Waals surface area contributed by atoms with Crippen molar-refractivity contribution in [3.8, 4) is 0 Å². The van der Waals surface area contributed by atoms with Gasteiger partial charge in [-0.05, 0) is 23.1 Å². The number of halogens is 1. The summed E-state index contributed by atoms with van der Waals surface area (Å²) in [6, 6.07) is 0. The van der Waals surface area contributed by atoms with Crippen LogP contribution < -0.4 is 5.73 Å². The second kappa shape index (κ2) is 4.99. The summed E-state index contributed by atoms with van der Waals surface area (Å²) in [6.07, 6.45) is 15.9. The Bertz CT molecular complexity index is 357. The number of allylic oxidation sites excluding steroid dienone is 8. The number of rotatable bonds is 1. The van der Waals surface area contributed by atoms with E-state index in [0.29, 0.717) is 6.54 Å². The molecule has 0 bridgehead atoms. The fourth-order valence-corrected chi connectivity index (χ4v) is 1.51. The predicted molar refractivity (Wildman–Crippen MR) is 63.4 cm³/mol. The van der Waals surface area contributed by atoms with Crippen molar-refractivity contribution in [3.63, 3.8) is 0 Å². The summed E-state index contributed by atoms with van der Waals surface area (Å²) < 4.78 is 0. The largest absolute Gasteiger partial charge is 0.326 e. The van der Waals surface area contributed by atoms with Gasteiger partial charge in [-0.25, -0.2) is 0 Å². The van der Waals surface area contributed by atoms with Crippen LogP contribution in [0.3, 0.4) is 0 Å². The lowest BCUT2D eigenvalue weighted by molar-refractivity contribution is 1.19. The van der Waals surface area contributed by atoms with Crippen molar-refractivity contribution in [1.82, 2.24) is 0 Å². The smallest absolute Gasteiger partial charge is 0.0178 e. The topological polar surface area (TPSA) is 26.0 Å². The zero-order valence-electron chi connectivity index (χ0n) is 7.94. The minimum Gasteiger partial charge on any atom is -0.326 e. The van der Waals surface area contributed by atoms with Gasteiger partial charge in [-0.15, -0.1) is 12.4 Å². The van der Waals surface area contributed by atoms with Crippen LogP contribution in [0.5, 0.6) is 0 Å². The normalized spacial score (nSPS) is 18.5. The van der Waals surface area contributed by atoms with Gasteiger partial charge in [0.05, 0.1) is 0 Å². The third kappa shape index (κ3) is 2.25. The van der Waals surface area contributed by atoms with Crippen molar-refractivity contribution in [3.05, 3.63) is 59.3 Å². The third-order valence-corrected chi connectivity index (χ3v) is 2.33. The molecule has 14 heavy (non-hydrogen) atoms. The van der Waals surface area contributed by atoms with Gasteiger partial charge in [0.15, 0.2) is 0 Å². The summed E-state index contributed by atoms with van der Waals surface area (Å²) in [7, 11) is 0. The highest BCUT2D eigenvalue weighted by molar-refractivity contribution is 5.85. The quantitative estimate of drug-likeness (QED) is 0.703. The lowest BCUT2D eigenvalue weighted by Crippen LogP contribution is -1.99. The van der Waals surface area contributed by atoms with Gasteiger partial charge in [0, 0.05) is 6.54 Å². The molecule has 1 nitrogen and oxygen atoms in total. The molecule has 2 rings (SSSR count). The monoisotopic (exact) mass is 207 g/mol. The Balaban J connectivity index is 0.000000980. The summed E-state index contributed by atoms with van der Waals surface area (Å²) in [6.45, 7) is 0.612. The Labute approximate surface area is 90.8 Å². The maximum atomic E-state index is 5.58. The molecule has 74 valence electrons. The van der Waals surface area contributed by atoms with Gasteiger partial charge in [0.1, 0.15) is 0 Å². The highest BCUT2D eigenvalue weighted by atomic mass is 35.5. The highest BCUT2D eigenvalue weighted by Gasteiger charge is 2.05. The Hall–Kier alpha value is -1.05. The van der Waals surface area contributed by atoms with Crippen molar-refractivity contribution < 1.29 is 0 Å². The molecule has 0 aliphatic heterocycles. The van der Waals surface area contributed by atoms with Gasteiger partial charge in [-0.1, -0.05) is 42.5 Å². The molecule has 2 heteroatoms. The van der Waals surface area contributed by atoms with E-state index in [-0.39, 0.29) is 12.4 Å². The molecule has 0 aromatic carbocycles. The molecular weight excluding hydrogens is 194 g/mol. The molecule has 2 N–H and O–H groups in total. The van der Waals surface area contributed by atoms with Gasteiger partial charge in [-0.3, -0.25) is 0 Å². The molecule has 0 aromatic heterocycles. The predicted octanol–water partition coefficient (Wildman–Crippen LogP) is 2.68. The zero-order valence-corrected chi connectivity index (χ0v) is 8.76. The summed E-state index contributed by atoms with van der Waals surface area (Å²) >= 11 is 0. The van der Waals surface area contributed by atoms with Crippen LogP contribution in [0.15, 0.2) is 59.3 Å². The summed E-state index contributed by atoms with van der Waals surface area (Å²) in [5.41, 5.74) is 9.45. The molecular formula is C12H14ClN. The van der Waals surface area contributed by atoms with E-state index in [9.17, 15) is 0 Å². The van der Waals surface area contributed by atoms with Gasteiger partial charge < -0.3 is 5.73 Å². The van der Waals surface area contributed by atoms with Gasteiger partial charge in [-0.2, -0.15) is 0 Å². The first-order valence-electron chi connectivity index (χ1n) is 4.55. The Kier molecular flexibility index (Phi) is 3.93. The Morgan fingerprint density at radius 1 is 1.14 bits per heavy atom. The lowest BCUT2D eigenvalue weighted by atomic mass is 9.98. The first-order chi connectivity index (χ1) is 6.40. The van der Waals surface area contributed by atoms with Crippen LogP contribution in [0.1, 0.15) is 6.42 Å². The fourth-order valence-electron chi connectivity index (χ4n) is 1.51. The minimum absolute atomic E-state index is 0. The molecule has 0 saturated heterocycles. The van der Waals surface area contributed by atoms with Crippen LogP contribution in [-0.2, 0) is 0 Å². The van der Waals surface area contributed by atoms with E-state index in [0.717, 1.165) is 6.42 Å². The second-order valence-electron chi connectivity index (χ2n) is 3.23.